The Morgan fingerprint density at radius 2 is 1.52 bits per heavy atom. The molecule has 0 atom stereocenters. The third-order valence-electron chi connectivity index (χ3n) is 3.12. The van der Waals surface area contributed by atoms with Gasteiger partial charge in [-0.2, -0.15) is 0 Å². The van der Waals surface area contributed by atoms with Gasteiger partial charge >= 0.3 is 12.2 Å². The highest BCUT2D eigenvalue weighted by Gasteiger charge is 2.21. The summed E-state index contributed by atoms with van der Waals surface area (Å²) in [5.41, 5.74) is -0.351. The number of nitrogens with one attached hydrogen (secondary N) is 2. The third kappa shape index (κ3) is 9.54. The van der Waals surface area contributed by atoms with Crippen molar-refractivity contribution < 1.29 is 24.0 Å². The van der Waals surface area contributed by atoms with E-state index in [1.807, 2.05) is 0 Å². The number of aliphatic imine (C=N–C) groups is 1. The molecule has 0 fully saturated rings. The van der Waals surface area contributed by atoms with Crippen molar-refractivity contribution >= 4 is 23.8 Å². The van der Waals surface area contributed by atoms with Crippen LogP contribution < -0.4 is 10.6 Å². The van der Waals surface area contributed by atoms with Crippen LogP contribution in [-0.4, -0.2) is 34.3 Å². The van der Waals surface area contributed by atoms with Crippen molar-refractivity contribution in [2.45, 2.75) is 66.2 Å². The summed E-state index contributed by atoms with van der Waals surface area (Å²) in [5, 5.41) is 15.7. The Bertz CT molecular complexity index is 774. The number of benzene rings is 1. The molecule has 2 amide bonds. The maximum absolute atomic E-state index is 12.0. The minimum Gasteiger partial charge on any atom is -0.444 e. The Morgan fingerprint density at radius 3 is 1.90 bits per heavy atom. The zero-order valence-corrected chi connectivity index (χ0v) is 17.8. The van der Waals surface area contributed by atoms with Crippen LogP contribution in [0.3, 0.4) is 0 Å². The third-order valence-corrected chi connectivity index (χ3v) is 3.12. The quantitative estimate of drug-likeness (QED) is 0.338. The highest BCUT2D eigenvalue weighted by molar-refractivity contribution is 6.01. The molecule has 0 heterocycles. The summed E-state index contributed by atoms with van der Waals surface area (Å²) in [7, 11) is 0. The number of nitrogens with zero attached hydrogens (tertiary/aromatic N) is 2. The average molecular weight is 408 g/mol. The SMILES string of the molecule is Cc1cc(CN=C(NC(=O)OC(C)(C)C)NC(=O)OC(C)(C)C)ccc1[N+](=O)[O-]. The Kier molecular flexibility index (Phi) is 7.70. The number of rotatable bonds is 3. The first kappa shape index (κ1) is 23.9. The van der Waals surface area contributed by atoms with Gasteiger partial charge < -0.3 is 9.47 Å². The molecule has 0 saturated heterocycles. The Morgan fingerprint density at radius 1 is 1.03 bits per heavy atom. The van der Waals surface area contributed by atoms with E-state index in [1.165, 1.54) is 6.07 Å². The molecule has 0 aliphatic carbocycles. The first-order valence-corrected chi connectivity index (χ1v) is 8.94. The van der Waals surface area contributed by atoms with Crippen molar-refractivity contribution in [3.05, 3.63) is 39.4 Å². The van der Waals surface area contributed by atoms with Crippen molar-refractivity contribution in [1.29, 1.82) is 0 Å². The molecule has 10 heteroatoms. The molecular weight excluding hydrogens is 380 g/mol. The van der Waals surface area contributed by atoms with E-state index in [0.717, 1.165) is 0 Å². The maximum atomic E-state index is 12.0. The smallest absolute Gasteiger partial charge is 0.414 e. The lowest BCUT2D eigenvalue weighted by molar-refractivity contribution is -0.385. The number of ether oxygens (including phenoxy) is 2. The van der Waals surface area contributed by atoms with E-state index in [2.05, 4.69) is 15.6 Å². The molecular formula is C19H28N4O6. The number of carbonyl (C=O) groups is 2. The standard InChI is InChI=1S/C19H28N4O6/c1-12-10-13(8-9-14(12)23(26)27)11-20-15(21-16(24)28-18(2,3)4)22-17(25)29-19(5,6)7/h8-10H,11H2,1-7H3,(H2,20,21,22,24,25). The van der Waals surface area contributed by atoms with E-state index in [-0.39, 0.29) is 18.2 Å². The Labute approximate surface area is 169 Å². The van der Waals surface area contributed by atoms with Crippen LogP contribution in [0.1, 0.15) is 52.7 Å². The monoisotopic (exact) mass is 408 g/mol. The molecule has 0 aliphatic rings. The van der Waals surface area contributed by atoms with Crippen LogP contribution in [-0.2, 0) is 16.0 Å². The molecule has 0 spiro atoms. The van der Waals surface area contributed by atoms with Crippen molar-refractivity contribution in [3.63, 3.8) is 0 Å². The second-order valence-electron chi connectivity index (χ2n) is 8.30. The Balaban J connectivity index is 2.99. The molecule has 0 saturated carbocycles. The van der Waals surface area contributed by atoms with Crippen LogP contribution in [0.2, 0.25) is 0 Å². The average Bonchev–Trinajstić information content (AvgIpc) is 2.48. The van der Waals surface area contributed by atoms with Gasteiger partial charge in [0.1, 0.15) is 11.2 Å². The number of amides is 2. The van der Waals surface area contributed by atoms with Crippen molar-refractivity contribution in [2.75, 3.05) is 0 Å². The summed E-state index contributed by atoms with van der Waals surface area (Å²) < 4.78 is 10.3. The summed E-state index contributed by atoms with van der Waals surface area (Å²) in [6.45, 7) is 11.9. The summed E-state index contributed by atoms with van der Waals surface area (Å²) in [6.07, 6.45) is -1.60. The van der Waals surface area contributed by atoms with Gasteiger partial charge in [0.2, 0.25) is 5.96 Å². The maximum Gasteiger partial charge on any atom is 0.414 e. The van der Waals surface area contributed by atoms with Crippen LogP contribution in [0.5, 0.6) is 0 Å². The number of nitro groups is 1. The van der Waals surface area contributed by atoms with Gasteiger partial charge in [0, 0.05) is 11.6 Å². The molecule has 1 aromatic rings. The van der Waals surface area contributed by atoms with Gasteiger partial charge in [0.15, 0.2) is 0 Å². The van der Waals surface area contributed by atoms with Gasteiger partial charge in [-0.25, -0.2) is 14.6 Å². The number of aryl methyl sites for hydroxylation is 1. The van der Waals surface area contributed by atoms with Gasteiger partial charge in [0.25, 0.3) is 5.69 Å². The van der Waals surface area contributed by atoms with Crippen LogP contribution >= 0.6 is 0 Å². The zero-order valence-electron chi connectivity index (χ0n) is 17.8. The molecule has 0 radical (unpaired) electrons. The second-order valence-corrected chi connectivity index (χ2v) is 8.30. The van der Waals surface area contributed by atoms with E-state index in [0.29, 0.717) is 11.1 Å². The van der Waals surface area contributed by atoms with Crippen molar-refractivity contribution in [3.8, 4) is 0 Å². The zero-order chi connectivity index (χ0) is 22.4. The van der Waals surface area contributed by atoms with Crippen LogP contribution in [0.15, 0.2) is 23.2 Å². The molecule has 160 valence electrons. The molecule has 0 unspecified atom stereocenters. The number of hydrogen-bond acceptors (Lipinski definition) is 7. The van der Waals surface area contributed by atoms with Gasteiger partial charge in [-0.1, -0.05) is 6.07 Å². The minimum atomic E-state index is -0.799. The van der Waals surface area contributed by atoms with Crippen molar-refractivity contribution in [2.24, 2.45) is 4.99 Å². The largest absolute Gasteiger partial charge is 0.444 e. The van der Waals surface area contributed by atoms with Gasteiger partial charge in [-0.05, 0) is 60.1 Å². The topological polar surface area (TPSA) is 132 Å². The minimum absolute atomic E-state index is 0.00304. The number of hydrogen-bond donors (Lipinski definition) is 2. The number of nitro benzene ring substituents is 1. The highest BCUT2D eigenvalue weighted by Crippen LogP contribution is 2.19. The molecule has 0 aliphatic heterocycles. The normalized spacial score (nSPS) is 11.3. The molecule has 29 heavy (non-hydrogen) atoms. The summed E-state index contributed by atoms with van der Waals surface area (Å²) in [4.78, 5) is 38.7. The Hall–Kier alpha value is -3.17. The summed E-state index contributed by atoms with van der Waals surface area (Å²) in [6, 6.07) is 4.54. The number of alkyl carbamates (subject to hydrolysis) is 2. The van der Waals surface area contributed by atoms with Crippen LogP contribution in [0, 0.1) is 17.0 Å². The lowest BCUT2D eigenvalue weighted by Crippen LogP contribution is -2.47. The molecule has 0 aromatic heterocycles. The second kappa shape index (κ2) is 9.35. The summed E-state index contributed by atoms with van der Waals surface area (Å²) >= 11 is 0. The first-order valence-electron chi connectivity index (χ1n) is 8.94. The van der Waals surface area contributed by atoms with Crippen LogP contribution in [0.25, 0.3) is 0 Å². The number of carbonyl (C=O) groups excluding carboxylic acids is 2. The first-order chi connectivity index (χ1) is 13.2. The fourth-order valence-electron chi connectivity index (χ4n) is 2.10. The predicted molar refractivity (Wildman–Crippen MR) is 108 cm³/mol. The molecule has 0 bridgehead atoms. The molecule has 2 N–H and O–H groups in total. The lowest BCUT2D eigenvalue weighted by Gasteiger charge is -2.22. The molecule has 10 nitrogen and oxygen atoms in total. The summed E-state index contributed by atoms with van der Waals surface area (Å²) in [5.74, 6) is -0.162. The fraction of sp³-hybridized carbons (Fsp3) is 0.526. The molecule has 1 rings (SSSR count). The van der Waals surface area contributed by atoms with Gasteiger partial charge in [0.05, 0.1) is 11.5 Å². The van der Waals surface area contributed by atoms with E-state index in [1.54, 1.807) is 60.6 Å². The molecule has 1 aromatic carbocycles. The van der Waals surface area contributed by atoms with Gasteiger partial charge in [-0.3, -0.25) is 20.7 Å². The highest BCUT2D eigenvalue weighted by atomic mass is 16.6. The lowest BCUT2D eigenvalue weighted by atomic mass is 10.1. The number of guanidine groups is 1. The van der Waals surface area contributed by atoms with E-state index in [9.17, 15) is 19.7 Å². The van der Waals surface area contributed by atoms with Crippen molar-refractivity contribution in [1.82, 2.24) is 10.6 Å². The van der Waals surface area contributed by atoms with E-state index in [4.69, 9.17) is 9.47 Å². The predicted octanol–water partition coefficient (Wildman–Crippen LogP) is 3.81. The van der Waals surface area contributed by atoms with E-state index < -0.39 is 28.3 Å². The van der Waals surface area contributed by atoms with Crippen LogP contribution in [0.4, 0.5) is 15.3 Å². The fourth-order valence-corrected chi connectivity index (χ4v) is 2.10. The van der Waals surface area contributed by atoms with Gasteiger partial charge in [-0.15, -0.1) is 0 Å². The van der Waals surface area contributed by atoms with E-state index >= 15 is 0 Å².